The van der Waals surface area contributed by atoms with Gasteiger partial charge in [0.1, 0.15) is 6.54 Å². The molecule has 1 aliphatic carbocycles. The Bertz CT molecular complexity index is 713. The lowest BCUT2D eigenvalue weighted by molar-refractivity contribution is -0.151. The van der Waals surface area contributed by atoms with E-state index in [2.05, 4.69) is 10.6 Å². The Kier molecular flexibility index (Phi) is 7.54. The van der Waals surface area contributed by atoms with Crippen molar-refractivity contribution in [2.75, 3.05) is 26.7 Å². The Morgan fingerprint density at radius 1 is 1.19 bits per heavy atom. The topological polar surface area (TPSA) is 105 Å². The first-order valence-corrected chi connectivity index (χ1v) is 8.64. The number of rotatable bonds is 9. The molecular formula is C19H23N3O5. The van der Waals surface area contributed by atoms with Gasteiger partial charge in [-0.05, 0) is 24.5 Å². The largest absolute Gasteiger partial charge is 0.454 e. The number of esters is 1. The maximum atomic E-state index is 11.9. The fourth-order valence-corrected chi connectivity index (χ4v) is 2.06. The van der Waals surface area contributed by atoms with Crippen LogP contribution < -0.4 is 10.6 Å². The molecule has 0 heterocycles. The lowest BCUT2D eigenvalue weighted by Crippen LogP contribution is -2.41. The smallest absolute Gasteiger partial charge is 0.325 e. The highest BCUT2D eigenvalue weighted by Gasteiger charge is 2.24. The molecule has 1 aromatic carbocycles. The number of likely N-dealkylation sites (N-methyl/N-ethyl adjacent to an activating group) is 1. The highest BCUT2D eigenvalue weighted by Crippen LogP contribution is 2.18. The summed E-state index contributed by atoms with van der Waals surface area (Å²) in [6.45, 7) is -0.924. The third kappa shape index (κ3) is 8.17. The van der Waals surface area contributed by atoms with Crippen molar-refractivity contribution in [2.45, 2.75) is 18.9 Å². The molecule has 27 heavy (non-hydrogen) atoms. The zero-order chi connectivity index (χ0) is 19.6. The summed E-state index contributed by atoms with van der Waals surface area (Å²) in [7, 11) is 1.46. The van der Waals surface area contributed by atoms with Crippen LogP contribution in [-0.2, 0) is 23.9 Å². The second-order valence-electron chi connectivity index (χ2n) is 6.21. The molecule has 3 amide bonds. The standard InChI is InChI=1S/C19H23N3O5/c1-22(12-17(24)21-15-8-9-15)18(25)13-27-19(26)11-20-16(23)10-7-14-5-3-2-4-6-14/h2-7,10,15H,8-9,11-13H2,1H3,(H,20,23)(H,21,24)/b10-7+. The molecule has 144 valence electrons. The molecule has 0 saturated heterocycles. The number of hydrogen-bond donors (Lipinski definition) is 2. The normalized spacial score (nSPS) is 13.1. The number of nitrogens with one attached hydrogen (secondary N) is 2. The second kappa shape index (κ2) is 10.1. The summed E-state index contributed by atoms with van der Waals surface area (Å²) < 4.78 is 4.81. The second-order valence-corrected chi connectivity index (χ2v) is 6.21. The van der Waals surface area contributed by atoms with E-state index in [0.29, 0.717) is 0 Å². The highest BCUT2D eigenvalue weighted by molar-refractivity contribution is 5.94. The number of amides is 3. The third-order valence-corrected chi connectivity index (χ3v) is 3.74. The zero-order valence-corrected chi connectivity index (χ0v) is 15.1. The van der Waals surface area contributed by atoms with Crippen LogP contribution in [0.3, 0.4) is 0 Å². The Labute approximate surface area is 157 Å². The minimum absolute atomic E-state index is 0.0894. The SMILES string of the molecule is CN(CC(=O)NC1CC1)C(=O)COC(=O)CNC(=O)/C=C/c1ccccc1. The molecule has 0 radical (unpaired) electrons. The van der Waals surface area contributed by atoms with Gasteiger partial charge in [-0.25, -0.2) is 0 Å². The summed E-state index contributed by atoms with van der Waals surface area (Å²) in [6.07, 6.45) is 4.85. The number of carbonyl (C=O) groups excluding carboxylic acids is 4. The van der Waals surface area contributed by atoms with Crippen molar-refractivity contribution in [2.24, 2.45) is 0 Å². The van der Waals surface area contributed by atoms with E-state index >= 15 is 0 Å². The van der Waals surface area contributed by atoms with Crippen molar-refractivity contribution in [1.29, 1.82) is 0 Å². The van der Waals surface area contributed by atoms with Crippen LogP contribution >= 0.6 is 0 Å². The molecule has 0 atom stereocenters. The van der Waals surface area contributed by atoms with E-state index < -0.39 is 24.4 Å². The van der Waals surface area contributed by atoms with E-state index in [1.165, 1.54) is 18.0 Å². The summed E-state index contributed by atoms with van der Waals surface area (Å²) >= 11 is 0. The molecule has 0 aliphatic heterocycles. The van der Waals surface area contributed by atoms with E-state index in [0.717, 1.165) is 18.4 Å². The molecule has 8 nitrogen and oxygen atoms in total. The Hall–Kier alpha value is -3.16. The van der Waals surface area contributed by atoms with Gasteiger partial charge >= 0.3 is 5.97 Å². The summed E-state index contributed by atoms with van der Waals surface area (Å²) in [5.41, 5.74) is 0.856. The van der Waals surface area contributed by atoms with Crippen molar-refractivity contribution in [1.82, 2.24) is 15.5 Å². The molecule has 0 spiro atoms. The summed E-state index contributed by atoms with van der Waals surface area (Å²) in [6, 6.07) is 9.46. The minimum Gasteiger partial charge on any atom is -0.454 e. The Balaban J connectivity index is 1.61. The van der Waals surface area contributed by atoms with Crippen LogP contribution in [0.15, 0.2) is 36.4 Å². The van der Waals surface area contributed by atoms with Crippen molar-refractivity contribution in [3.63, 3.8) is 0 Å². The number of ether oxygens (including phenoxy) is 1. The van der Waals surface area contributed by atoms with Gasteiger partial charge in [0, 0.05) is 19.2 Å². The Morgan fingerprint density at radius 2 is 1.89 bits per heavy atom. The van der Waals surface area contributed by atoms with Crippen LogP contribution in [0.5, 0.6) is 0 Å². The van der Waals surface area contributed by atoms with Gasteiger partial charge in [0.25, 0.3) is 5.91 Å². The van der Waals surface area contributed by atoms with Crippen molar-refractivity contribution in [3.05, 3.63) is 42.0 Å². The predicted molar refractivity (Wildman–Crippen MR) is 98.2 cm³/mol. The maximum absolute atomic E-state index is 11.9. The summed E-state index contributed by atoms with van der Waals surface area (Å²) in [5, 5.41) is 5.14. The van der Waals surface area contributed by atoms with Gasteiger partial charge in [-0.1, -0.05) is 30.3 Å². The predicted octanol–water partition coefficient (Wildman–Crippen LogP) is 0.0962. The summed E-state index contributed by atoms with van der Waals surface area (Å²) in [4.78, 5) is 47.9. The van der Waals surface area contributed by atoms with Crippen LogP contribution in [0.1, 0.15) is 18.4 Å². The number of benzene rings is 1. The van der Waals surface area contributed by atoms with Crippen LogP contribution in [0, 0.1) is 0 Å². The minimum atomic E-state index is -0.736. The van der Waals surface area contributed by atoms with Crippen LogP contribution in [-0.4, -0.2) is 61.4 Å². The molecule has 2 rings (SSSR count). The molecule has 1 aliphatic rings. The lowest BCUT2D eigenvalue weighted by Gasteiger charge is -2.16. The molecule has 1 saturated carbocycles. The first kappa shape index (κ1) is 20.2. The van der Waals surface area contributed by atoms with Gasteiger partial charge < -0.3 is 20.3 Å². The van der Waals surface area contributed by atoms with E-state index in [1.807, 2.05) is 30.3 Å². The van der Waals surface area contributed by atoms with E-state index in [9.17, 15) is 19.2 Å². The molecule has 0 aromatic heterocycles. The summed E-state index contributed by atoms with van der Waals surface area (Å²) in [5.74, 6) is -1.92. The first-order chi connectivity index (χ1) is 12.9. The monoisotopic (exact) mass is 373 g/mol. The molecule has 1 fully saturated rings. The van der Waals surface area contributed by atoms with E-state index in [4.69, 9.17) is 4.74 Å². The van der Waals surface area contributed by atoms with Crippen molar-refractivity contribution in [3.8, 4) is 0 Å². The van der Waals surface area contributed by atoms with Gasteiger partial charge in [0.05, 0.1) is 6.54 Å². The Morgan fingerprint density at radius 3 is 2.56 bits per heavy atom. The zero-order valence-electron chi connectivity index (χ0n) is 15.1. The highest BCUT2D eigenvalue weighted by atomic mass is 16.5. The molecule has 0 bridgehead atoms. The number of hydrogen-bond acceptors (Lipinski definition) is 5. The number of nitrogens with zero attached hydrogens (tertiary/aromatic N) is 1. The van der Waals surface area contributed by atoms with Crippen LogP contribution in [0.2, 0.25) is 0 Å². The van der Waals surface area contributed by atoms with E-state index in [1.54, 1.807) is 6.08 Å². The van der Waals surface area contributed by atoms with Gasteiger partial charge in [-0.15, -0.1) is 0 Å². The first-order valence-electron chi connectivity index (χ1n) is 8.64. The molecule has 0 unspecified atom stereocenters. The lowest BCUT2D eigenvalue weighted by atomic mass is 10.2. The van der Waals surface area contributed by atoms with Crippen LogP contribution in [0.4, 0.5) is 0 Å². The van der Waals surface area contributed by atoms with Crippen LogP contribution in [0.25, 0.3) is 6.08 Å². The average Bonchev–Trinajstić information content (AvgIpc) is 3.47. The van der Waals surface area contributed by atoms with Crippen molar-refractivity contribution >= 4 is 29.8 Å². The molecule has 2 N–H and O–H groups in total. The quantitative estimate of drug-likeness (QED) is 0.472. The van der Waals surface area contributed by atoms with Gasteiger partial charge in [-0.2, -0.15) is 0 Å². The fourth-order valence-electron chi connectivity index (χ4n) is 2.06. The van der Waals surface area contributed by atoms with Gasteiger partial charge in [-0.3, -0.25) is 19.2 Å². The molecule has 1 aromatic rings. The van der Waals surface area contributed by atoms with Gasteiger partial charge in [0.2, 0.25) is 11.8 Å². The fraction of sp³-hybridized carbons (Fsp3) is 0.368. The van der Waals surface area contributed by atoms with E-state index in [-0.39, 0.29) is 25.0 Å². The van der Waals surface area contributed by atoms with Gasteiger partial charge in [0.15, 0.2) is 6.61 Å². The maximum Gasteiger partial charge on any atom is 0.325 e. The average molecular weight is 373 g/mol. The third-order valence-electron chi connectivity index (χ3n) is 3.74. The molecular weight excluding hydrogens is 350 g/mol. The van der Waals surface area contributed by atoms with Crippen molar-refractivity contribution < 1.29 is 23.9 Å². The number of carbonyl (C=O) groups is 4. The molecule has 8 heteroatoms.